The van der Waals surface area contributed by atoms with Crippen molar-refractivity contribution in [1.82, 2.24) is 14.8 Å². The van der Waals surface area contributed by atoms with Crippen LogP contribution in [0.1, 0.15) is 41.5 Å². The molecule has 0 aliphatic rings. The Morgan fingerprint density at radius 2 is 1.75 bits per heavy atom. The van der Waals surface area contributed by atoms with Crippen LogP contribution in [0.3, 0.4) is 0 Å². The number of pyridine rings is 1. The second-order valence-electron chi connectivity index (χ2n) is 6.29. The molecule has 2 heterocycles. The van der Waals surface area contributed by atoms with Crippen LogP contribution < -0.4 is 10.6 Å². The van der Waals surface area contributed by atoms with Gasteiger partial charge in [-0.25, -0.2) is 4.68 Å². The minimum atomic E-state index is -0.00335. The van der Waals surface area contributed by atoms with E-state index in [9.17, 15) is 0 Å². The van der Waals surface area contributed by atoms with Crippen molar-refractivity contribution >= 4 is 11.5 Å². The summed E-state index contributed by atoms with van der Waals surface area (Å²) in [5, 5.41) is 4.76. The Kier molecular flexibility index (Phi) is 14.2. The Morgan fingerprint density at radius 3 is 2.18 bits per heavy atom. The van der Waals surface area contributed by atoms with Crippen LogP contribution in [0.2, 0.25) is 0 Å². The van der Waals surface area contributed by atoms with Gasteiger partial charge in [-0.2, -0.15) is 0 Å². The number of nitrogens with zero attached hydrogens (tertiary/aromatic N) is 4. The molecule has 0 aliphatic carbocycles. The monoisotopic (exact) mass is 385 g/mol. The minimum absolute atomic E-state index is 0.00335. The van der Waals surface area contributed by atoms with Gasteiger partial charge in [0.15, 0.2) is 5.82 Å². The number of rotatable bonds is 4. The number of hydrogen-bond acceptors (Lipinski definition) is 4. The molecule has 5 heteroatoms. The van der Waals surface area contributed by atoms with Gasteiger partial charge in [-0.05, 0) is 53.0 Å². The third-order valence-corrected chi connectivity index (χ3v) is 3.67. The molecule has 0 spiro atoms. The van der Waals surface area contributed by atoms with E-state index < -0.39 is 0 Å². The Balaban J connectivity index is 0. The molecule has 0 aromatic carbocycles. The van der Waals surface area contributed by atoms with Gasteiger partial charge in [0.05, 0.1) is 11.4 Å². The largest absolute Gasteiger partial charge is 0.353 e. The Hall–Kier alpha value is -2.66. The van der Waals surface area contributed by atoms with Gasteiger partial charge >= 0.3 is 0 Å². The van der Waals surface area contributed by atoms with Crippen molar-refractivity contribution in [3.05, 3.63) is 62.4 Å². The first kappa shape index (κ1) is 27.6. The van der Waals surface area contributed by atoms with Crippen LogP contribution in [0.5, 0.6) is 0 Å². The molecule has 28 heavy (non-hydrogen) atoms. The molecule has 2 aromatic rings. The highest BCUT2D eigenvalue weighted by Gasteiger charge is 2.22. The number of allylic oxidation sites excluding steroid dienone is 3. The summed E-state index contributed by atoms with van der Waals surface area (Å²) in [5.41, 5.74) is 7.38. The number of aromatic nitrogens is 3. The molecule has 2 N–H and O–H groups in total. The summed E-state index contributed by atoms with van der Waals surface area (Å²) in [6.45, 7) is 22.3. The molecule has 0 saturated heterocycles. The van der Waals surface area contributed by atoms with Gasteiger partial charge in [0.1, 0.15) is 0 Å². The van der Waals surface area contributed by atoms with Crippen LogP contribution in [-0.2, 0) is 0 Å². The van der Waals surface area contributed by atoms with Crippen LogP contribution in [0.15, 0.2) is 62.4 Å². The SMILES string of the molecule is C=C.C=C/C=C(\C)n1nc(N(C)C(C)(C)C)cc1-c1ccccn1.CC.CN. The van der Waals surface area contributed by atoms with E-state index in [0.29, 0.717) is 0 Å². The lowest BCUT2D eigenvalue weighted by molar-refractivity contribution is 0.532. The lowest BCUT2D eigenvalue weighted by Gasteiger charge is -2.31. The maximum atomic E-state index is 4.76. The predicted molar refractivity (Wildman–Crippen MR) is 126 cm³/mol. The molecule has 0 saturated carbocycles. The molecular formula is C23H39N5. The lowest BCUT2D eigenvalue weighted by atomic mass is 10.1. The highest BCUT2D eigenvalue weighted by Crippen LogP contribution is 2.28. The van der Waals surface area contributed by atoms with Crippen LogP contribution in [0.25, 0.3) is 17.1 Å². The van der Waals surface area contributed by atoms with E-state index in [2.05, 4.69) is 69.2 Å². The van der Waals surface area contributed by atoms with Gasteiger partial charge in [0.25, 0.3) is 0 Å². The molecule has 0 amide bonds. The van der Waals surface area contributed by atoms with E-state index in [1.165, 1.54) is 7.05 Å². The third-order valence-electron chi connectivity index (χ3n) is 3.67. The van der Waals surface area contributed by atoms with E-state index in [-0.39, 0.29) is 5.54 Å². The van der Waals surface area contributed by atoms with Gasteiger partial charge in [-0.1, -0.05) is 32.6 Å². The van der Waals surface area contributed by atoms with Crippen molar-refractivity contribution in [1.29, 1.82) is 0 Å². The van der Waals surface area contributed by atoms with Crippen LogP contribution in [-0.4, -0.2) is 34.4 Å². The summed E-state index contributed by atoms with van der Waals surface area (Å²) in [6.07, 6.45) is 5.51. The highest BCUT2D eigenvalue weighted by atomic mass is 15.4. The standard InChI is InChI=1S/C18H24N4.C2H6.C2H4.CH5N/c1-7-10-14(2)22-16(15-11-8-9-12-19-15)13-17(20-22)21(6)18(3,4)5;3*1-2/h7-13H,1H2,2-6H3;1-2H3;1-2H2;2H2,1H3/b14-10+;;;. The zero-order chi connectivity index (χ0) is 22.3. The quantitative estimate of drug-likeness (QED) is 0.547. The molecule has 0 atom stereocenters. The summed E-state index contributed by atoms with van der Waals surface area (Å²) in [5.74, 6) is 0.921. The maximum Gasteiger partial charge on any atom is 0.151 e. The second-order valence-corrected chi connectivity index (χ2v) is 6.29. The fourth-order valence-corrected chi connectivity index (χ4v) is 2.08. The molecule has 156 valence electrons. The van der Waals surface area contributed by atoms with Crippen molar-refractivity contribution in [3.8, 4) is 11.4 Å². The first-order valence-electron chi connectivity index (χ1n) is 9.47. The normalized spacial score (nSPS) is 10.2. The molecule has 0 radical (unpaired) electrons. The molecule has 2 aromatic heterocycles. The average Bonchev–Trinajstić information content (AvgIpc) is 3.17. The zero-order valence-corrected chi connectivity index (χ0v) is 19.0. The van der Waals surface area contributed by atoms with E-state index >= 15 is 0 Å². The number of hydrogen-bond donors (Lipinski definition) is 1. The summed E-state index contributed by atoms with van der Waals surface area (Å²) in [4.78, 5) is 6.62. The van der Waals surface area contributed by atoms with Gasteiger partial charge in [-0.15, -0.1) is 18.3 Å². The van der Waals surface area contributed by atoms with E-state index in [1.54, 1.807) is 12.3 Å². The van der Waals surface area contributed by atoms with Gasteiger partial charge in [0.2, 0.25) is 0 Å². The van der Waals surface area contributed by atoms with Crippen LogP contribution in [0, 0.1) is 0 Å². The number of anilines is 1. The predicted octanol–water partition coefficient (Wildman–Crippen LogP) is 5.63. The van der Waals surface area contributed by atoms with Crippen molar-refractivity contribution in [2.75, 3.05) is 19.0 Å². The van der Waals surface area contributed by atoms with Crippen molar-refractivity contribution in [3.63, 3.8) is 0 Å². The van der Waals surface area contributed by atoms with Crippen LogP contribution in [0.4, 0.5) is 5.82 Å². The zero-order valence-electron chi connectivity index (χ0n) is 19.0. The molecule has 5 nitrogen and oxygen atoms in total. The Bertz CT molecular complexity index is 694. The maximum absolute atomic E-state index is 4.76. The van der Waals surface area contributed by atoms with Crippen molar-refractivity contribution in [2.24, 2.45) is 5.73 Å². The van der Waals surface area contributed by atoms with Gasteiger partial charge in [-0.3, -0.25) is 4.98 Å². The smallest absolute Gasteiger partial charge is 0.151 e. The van der Waals surface area contributed by atoms with Crippen LogP contribution >= 0.6 is 0 Å². The van der Waals surface area contributed by atoms with Crippen molar-refractivity contribution in [2.45, 2.75) is 47.1 Å². The fraction of sp³-hybridized carbons (Fsp3) is 0.391. The molecule has 0 aliphatic heterocycles. The average molecular weight is 386 g/mol. The summed E-state index contributed by atoms with van der Waals surface area (Å²) in [6, 6.07) is 7.97. The van der Waals surface area contributed by atoms with E-state index in [1.807, 2.05) is 49.7 Å². The first-order valence-corrected chi connectivity index (χ1v) is 9.47. The minimum Gasteiger partial charge on any atom is -0.353 e. The molecule has 0 fully saturated rings. The molecule has 0 unspecified atom stereocenters. The first-order chi connectivity index (χ1) is 13.3. The topological polar surface area (TPSA) is 60.0 Å². The Morgan fingerprint density at radius 1 is 1.18 bits per heavy atom. The second kappa shape index (κ2) is 14.4. The molecule has 0 bridgehead atoms. The lowest BCUT2D eigenvalue weighted by Crippen LogP contribution is -2.38. The number of nitrogens with two attached hydrogens (primary N) is 1. The molecule has 2 rings (SSSR count). The van der Waals surface area contributed by atoms with Crippen molar-refractivity contribution < 1.29 is 0 Å². The summed E-state index contributed by atoms with van der Waals surface area (Å²) in [7, 11) is 3.56. The highest BCUT2D eigenvalue weighted by molar-refractivity contribution is 5.66. The summed E-state index contributed by atoms with van der Waals surface area (Å²) < 4.78 is 1.92. The third kappa shape index (κ3) is 7.92. The van der Waals surface area contributed by atoms with E-state index in [0.717, 1.165) is 22.9 Å². The van der Waals surface area contributed by atoms with Gasteiger partial charge in [0, 0.05) is 30.5 Å². The van der Waals surface area contributed by atoms with E-state index in [4.69, 9.17) is 5.10 Å². The molecular weight excluding hydrogens is 346 g/mol. The van der Waals surface area contributed by atoms with Gasteiger partial charge < -0.3 is 10.6 Å². The fourth-order valence-electron chi connectivity index (χ4n) is 2.08. The Labute approximate surface area is 172 Å². The summed E-state index contributed by atoms with van der Waals surface area (Å²) >= 11 is 0.